The third kappa shape index (κ3) is 4.16. The van der Waals surface area contributed by atoms with Crippen molar-refractivity contribution in [2.75, 3.05) is 11.5 Å². The summed E-state index contributed by atoms with van der Waals surface area (Å²) in [5.74, 6) is 1.42. The zero-order chi connectivity index (χ0) is 18.6. The van der Waals surface area contributed by atoms with Gasteiger partial charge in [0.2, 0.25) is 0 Å². The van der Waals surface area contributed by atoms with Crippen LogP contribution in [0, 0.1) is 5.82 Å². The molecule has 0 saturated carbocycles. The van der Waals surface area contributed by atoms with Crippen molar-refractivity contribution in [3.8, 4) is 11.6 Å². The van der Waals surface area contributed by atoms with Crippen molar-refractivity contribution in [1.82, 2.24) is 14.8 Å². The van der Waals surface area contributed by atoms with E-state index in [9.17, 15) is 12.8 Å². The Morgan fingerprint density at radius 2 is 1.96 bits per heavy atom. The van der Waals surface area contributed by atoms with Gasteiger partial charge in [-0.25, -0.2) is 12.8 Å². The number of nitrogens with zero attached hydrogens (tertiary/aromatic N) is 3. The van der Waals surface area contributed by atoms with E-state index in [-0.39, 0.29) is 10.6 Å². The van der Waals surface area contributed by atoms with E-state index < -0.39 is 15.7 Å². The van der Waals surface area contributed by atoms with Gasteiger partial charge in [0.1, 0.15) is 5.82 Å². The first-order valence-electron chi connectivity index (χ1n) is 8.09. The first-order chi connectivity index (χ1) is 12.5. The molecule has 3 aromatic rings. The summed E-state index contributed by atoms with van der Waals surface area (Å²) < 4.78 is 44.7. The second-order valence-corrected chi connectivity index (χ2v) is 8.67. The van der Waals surface area contributed by atoms with Gasteiger partial charge in [0.25, 0.3) is 0 Å². The van der Waals surface area contributed by atoms with Crippen molar-refractivity contribution < 1.29 is 17.2 Å². The summed E-state index contributed by atoms with van der Waals surface area (Å²) in [5, 5.41) is 9.05. The molecule has 0 N–H and O–H groups in total. The number of sulfone groups is 1. The molecule has 0 unspecified atom stereocenters. The summed E-state index contributed by atoms with van der Waals surface area (Å²) in [5.41, 5.74) is 0. The Hall–Kier alpha value is -2.13. The van der Waals surface area contributed by atoms with E-state index in [1.54, 1.807) is 12.3 Å². The van der Waals surface area contributed by atoms with Crippen molar-refractivity contribution in [2.45, 2.75) is 29.9 Å². The number of halogens is 1. The third-order valence-electron chi connectivity index (χ3n) is 3.74. The summed E-state index contributed by atoms with van der Waals surface area (Å²) in [7, 11) is -3.42. The number of hydrogen-bond acceptors (Lipinski definition) is 6. The minimum Gasteiger partial charge on any atom is -0.461 e. The van der Waals surface area contributed by atoms with E-state index in [1.807, 2.05) is 17.6 Å². The van der Waals surface area contributed by atoms with Crippen molar-refractivity contribution in [3.63, 3.8) is 0 Å². The second-order valence-electron chi connectivity index (χ2n) is 5.50. The average Bonchev–Trinajstić information content (AvgIpc) is 3.28. The molecular weight excluding hydrogens is 377 g/mol. The molecule has 138 valence electrons. The average molecular weight is 395 g/mol. The fourth-order valence-electron chi connectivity index (χ4n) is 2.44. The molecule has 0 fully saturated rings. The summed E-state index contributed by atoms with van der Waals surface area (Å²) in [6.45, 7) is 2.66. The Morgan fingerprint density at radius 1 is 1.19 bits per heavy atom. The van der Waals surface area contributed by atoms with E-state index in [4.69, 9.17) is 4.42 Å². The van der Waals surface area contributed by atoms with Gasteiger partial charge in [0.15, 0.2) is 26.6 Å². The lowest BCUT2D eigenvalue weighted by Crippen LogP contribution is -2.08. The van der Waals surface area contributed by atoms with Crippen LogP contribution in [0.3, 0.4) is 0 Å². The fraction of sp³-hybridized carbons (Fsp3) is 0.294. The zero-order valence-electron chi connectivity index (χ0n) is 14.1. The standard InChI is InChI=1S/C17H18FN3O3S2/c1-2-21-16(15-5-3-10-24-15)19-20-17(21)25-11-4-12-26(22,23)14-8-6-13(18)7-9-14/h3,5-10H,2,4,11-12H2,1H3. The van der Waals surface area contributed by atoms with Gasteiger partial charge in [0, 0.05) is 12.3 Å². The normalized spacial score (nSPS) is 11.8. The van der Waals surface area contributed by atoms with Gasteiger partial charge in [-0.1, -0.05) is 11.8 Å². The van der Waals surface area contributed by atoms with Crippen molar-refractivity contribution in [3.05, 3.63) is 48.5 Å². The van der Waals surface area contributed by atoms with Crippen LogP contribution in [0.4, 0.5) is 4.39 Å². The first kappa shape index (κ1) is 18.7. The molecular formula is C17H18FN3O3S2. The number of rotatable bonds is 8. The van der Waals surface area contributed by atoms with Gasteiger partial charge < -0.3 is 4.42 Å². The summed E-state index contributed by atoms with van der Waals surface area (Å²) in [6, 6.07) is 8.50. The van der Waals surface area contributed by atoms with Gasteiger partial charge in [-0.05, 0) is 49.7 Å². The zero-order valence-corrected chi connectivity index (χ0v) is 15.8. The highest BCUT2D eigenvalue weighted by Gasteiger charge is 2.17. The molecule has 0 aliphatic carbocycles. The highest BCUT2D eigenvalue weighted by Crippen LogP contribution is 2.25. The van der Waals surface area contributed by atoms with Crippen LogP contribution in [-0.2, 0) is 16.4 Å². The van der Waals surface area contributed by atoms with Crippen LogP contribution < -0.4 is 0 Å². The monoisotopic (exact) mass is 395 g/mol. The molecule has 0 radical (unpaired) electrons. The molecule has 0 aliphatic rings. The van der Waals surface area contributed by atoms with E-state index in [0.717, 1.165) is 17.3 Å². The van der Waals surface area contributed by atoms with Crippen molar-refractivity contribution in [2.24, 2.45) is 0 Å². The van der Waals surface area contributed by atoms with Gasteiger partial charge in [-0.15, -0.1) is 10.2 Å². The summed E-state index contributed by atoms with van der Waals surface area (Å²) >= 11 is 1.45. The third-order valence-corrected chi connectivity index (χ3v) is 6.61. The Morgan fingerprint density at radius 3 is 2.62 bits per heavy atom. The highest BCUT2D eigenvalue weighted by molar-refractivity contribution is 7.99. The highest BCUT2D eigenvalue weighted by atomic mass is 32.2. The van der Waals surface area contributed by atoms with Crippen LogP contribution in [0.2, 0.25) is 0 Å². The lowest BCUT2D eigenvalue weighted by molar-refractivity contribution is 0.567. The van der Waals surface area contributed by atoms with Gasteiger partial charge in [-0.2, -0.15) is 0 Å². The Balaban J connectivity index is 1.59. The first-order valence-corrected chi connectivity index (χ1v) is 10.7. The predicted molar refractivity (Wildman–Crippen MR) is 97.2 cm³/mol. The SMILES string of the molecule is CCn1c(SCCCS(=O)(=O)c2ccc(F)cc2)nnc1-c1ccco1. The second kappa shape index (κ2) is 8.05. The van der Waals surface area contributed by atoms with E-state index in [0.29, 0.717) is 30.3 Å². The van der Waals surface area contributed by atoms with Gasteiger partial charge in [-0.3, -0.25) is 4.57 Å². The topological polar surface area (TPSA) is 78.0 Å². The minimum atomic E-state index is -3.42. The molecule has 1 aromatic carbocycles. The molecule has 2 heterocycles. The smallest absolute Gasteiger partial charge is 0.200 e. The molecule has 0 aliphatic heterocycles. The van der Waals surface area contributed by atoms with Crippen LogP contribution in [0.25, 0.3) is 11.6 Å². The Kier molecular flexibility index (Phi) is 5.77. The number of thioether (sulfide) groups is 1. The summed E-state index contributed by atoms with van der Waals surface area (Å²) in [4.78, 5) is 0.140. The van der Waals surface area contributed by atoms with E-state index in [1.165, 1.54) is 23.9 Å². The fourth-order valence-corrected chi connectivity index (χ4v) is 4.88. The van der Waals surface area contributed by atoms with Crippen LogP contribution in [-0.4, -0.2) is 34.7 Å². The molecule has 3 rings (SSSR count). The lowest BCUT2D eigenvalue weighted by Gasteiger charge is -2.06. The van der Waals surface area contributed by atoms with Crippen LogP contribution in [0.15, 0.2) is 57.1 Å². The molecule has 0 bridgehead atoms. The molecule has 0 saturated heterocycles. The number of benzene rings is 1. The molecule has 2 aromatic heterocycles. The number of hydrogen-bond donors (Lipinski definition) is 0. The molecule has 6 nitrogen and oxygen atoms in total. The number of furan rings is 1. The Labute approximate surface area is 155 Å². The summed E-state index contributed by atoms with van der Waals surface area (Å²) in [6.07, 6.45) is 2.04. The minimum absolute atomic E-state index is 0.00304. The van der Waals surface area contributed by atoms with Crippen LogP contribution >= 0.6 is 11.8 Å². The largest absolute Gasteiger partial charge is 0.461 e. The van der Waals surface area contributed by atoms with Crippen molar-refractivity contribution in [1.29, 1.82) is 0 Å². The number of aromatic nitrogens is 3. The molecule has 0 amide bonds. The maximum absolute atomic E-state index is 12.9. The maximum Gasteiger partial charge on any atom is 0.200 e. The molecule has 0 spiro atoms. The predicted octanol–water partition coefficient (Wildman–Crippen LogP) is 3.65. The molecule has 0 atom stereocenters. The Bertz CT molecular complexity index is 952. The lowest BCUT2D eigenvalue weighted by atomic mass is 10.4. The van der Waals surface area contributed by atoms with Crippen molar-refractivity contribution >= 4 is 21.6 Å². The van der Waals surface area contributed by atoms with Crippen LogP contribution in [0.1, 0.15) is 13.3 Å². The maximum atomic E-state index is 12.9. The van der Waals surface area contributed by atoms with Crippen LogP contribution in [0.5, 0.6) is 0 Å². The van der Waals surface area contributed by atoms with Gasteiger partial charge >= 0.3 is 0 Å². The van der Waals surface area contributed by atoms with E-state index >= 15 is 0 Å². The van der Waals surface area contributed by atoms with Gasteiger partial charge in [0.05, 0.1) is 16.9 Å². The molecule has 9 heteroatoms. The van der Waals surface area contributed by atoms with E-state index in [2.05, 4.69) is 10.2 Å². The molecule has 26 heavy (non-hydrogen) atoms. The quantitative estimate of drug-likeness (QED) is 0.329.